The van der Waals surface area contributed by atoms with Gasteiger partial charge in [-0.1, -0.05) is 12.1 Å². The van der Waals surface area contributed by atoms with Crippen molar-refractivity contribution >= 4 is 0 Å². The van der Waals surface area contributed by atoms with E-state index in [2.05, 4.69) is 45.2 Å². The molecule has 3 heterocycles. The molecule has 1 aliphatic rings. The molecule has 0 amide bonds. The predicted molar refractivity (Wildman–Crippen MR) is 102 cm³/mol. The van der Waals surface area contributed by atoms with Gasteiger partial charge >= 0.3 is 0 Å². The second kappa shape index (κ2) is 8.95. The molecule has 1 unspecified atom stereocenters. The fourth-order valence-corrected chi connectivity index (χ4v) is 4.07. The first kappa shape index (κ1) is 20.0. The summed E-state index contributed by atoms with van der Waals surface area (Å²) in [6, 6.07) is 0.409. The molecule has 0 radical (unpaired) electrons. The Morgan fingerprint density at radius 1 is 1.44 bits per heavy atom. The fraction of sp³-hybridized carbons (Fsp3) is 0.737. The van der Waals surface area contributed by atoms with Gasteiger partial charge in [0.05, 0.1) is 12.7 Å². The Bertz CT molecular complexity index is 715. The van der Waals surface area contributed by atoms with Crippen molar-refractivity contribution in [3.63, 3.8) is 0 Å². The molecule has 0 spiro atoms. The number of nitrogens with zero attached hydrogens (tertiary/aromatic N) is 6. The summed E-state index contributed by atoms with van der Waals surface area (Å²) >= 11 is 0. The van der Waals surface area contributed by atoms with Crippen LogP contribution in [0.5, 0.6) is 0 Å². The smallest absolute Gasteiger partial charge is 0.240 e. The minimum absolute atomic E-state index is 0.153. The number of rotatable bonds is 8. The van der Waals surface area contributed by atoms with Crippen LogP contribution in [0.15, 0.2) is 16.9 Å². The highest BCUT2D eigenvalue weighted by molar-refractivity contribution is 5.13. The van der Waals surface area contributed by atoms with E-state index in [4.69, 9.17) is 9.26 Å². The predicted octanol–water partition coefficient (Wildman–Crippen LogP) is 2.42. The molecule has 2 aromatic heterocycles. The summed E-state index contributed by atoms with van der Waals surface area (Å²) < 4.78 is 12.5. The number of aromatic nitrogens is 4. The van der Waals surface area contributed by atoms with Crippen LogP contribution in [0.25, 0.3) is 0 Å². The average molecular weight is 377 g/mol. The third-order valence-corrected chi connectivity index (χ3v) is 5.49. The third-order valence-electron chi connectivity index (χ3n) is 5.49. The number of ether oxygens (including phenoxy) is 1. The third kappa shape index (κ3) is 4.75. The maximum Gasteiger partial charge on any atom is 0.240 e. The van der Waals surface area contributed by atoms with Crippen molar-refractivity contribution in [2.75, 3.05) is 33.8 Å². The first-order valence-electron chi connectivity index (χ1n) is 9.78. The van der Waals surface area contributed by atoms with E-state index in [9.17, 15) is 0 Å². The highest BCUT2D eigenvalue weighted by atomic mass is 16.5. The molecule has 27 heavy (non-hydrogen) atoms. The van der Waals surface area contributed by atoms with Crippen LogP contribution in [0.1, 0.15) is 56.1 Å². The lowest BCUT2D eigenvalue weighted by molar-refractivity contribution is 0.0726. The van der Waals surface area contributed by atoms with E-state index >= 15 is 0 Å². The van der Waals surface area contributed by atoms with E-state index in [1.54, 1.807) is 7.11 Å². The van der Waals surface area contributed by atoms with Gasteiger partial charge in [-0.15, -0.1) is 0 Å². The van der Waals surface area contributed by atoms with Gasteiger partial charge in [-0.2, -0.15) is 10.1 Å². The van der Waals surface area contributed by atoms with E-state index in [-0.39, 0.29) is 6.10 Å². The highest BCUT2D eigenvalue weighted by Gasteiger charge is 2.33. The minimum Gasteiger partial charge on any atom is -0.374 e. The fourth-order valence-electron chi connectivity index (χ4n) is 4.07. The summed E-state index contributed by atoms with van der Waals surface area (Å²) in [5.41, 5.74) is 1.31. The summed E-state index contributed by atoms with van der Waals surface area (Å²) in [5.74, 6) is 1.79. The zero-order valence-electron chi connectivity index (χ0n) is 17.1. The lowest BCUT2D eigenvalue weighted by atomic mass is 9.85. The Morgan fingerprint density at radius 2 is 2.26 bits per heavy atom. The van der Waals surface area contributed by atoms with Crippen LogP contribution in [-0.4, -0.2) is 63.5 Å². The molecule has 1 fully saturated rings. The van der Waals surface area contributed by atoms with E-state index in [1.165, 1.54) is 18.4 Å². The van der Waals surface area contributed by atoms with Crippen molar-refractivity contribution in [2.45, 2.75) is 45.4 Å². The second-order valence-corrected chi connectivity index (χ2v) is 7.54. The molecule has 8 nitrogen and oxygen atoms in total. The van der Waals surface area contributed by atoms with Crippen LogP contribution in [-0.2, 0) is 18.3 Å². The van der Waals surface area contributed by atoms with Gasteiger partial charge in [0, 0.05) is 38.5 Å². The van der Waals surface area contributed by atoms with Gasteiger partial charge in [0.2, 0.25) is 5.89 Å². The normalized spacial score (nSPS) is 22.4. The van der Waals surface area contributed by atoms with E-state index < -0.39 is 0 Å². The number of aryl methyl sites for hydroxylation is 1. The number of likely N-dealkylation sites (tertiary alicyclic amines) is 1. The van der Waals surface area contributed by atoms with Crippen LogP contribution >= 0.6 is 0 Å². The molecule has 1 aliphatic heterocycles. The number of hydrogen-bond donors (Lipinski definition) is 0. The Hall–Kier alpha value is -1.77. The van der Waals surface area contributed by atoms with Gasteiger partial charge in [-0.25, -0.2) is 0 Å². The molecule has 3 rings (SSSR count). The molecule has 1 saturated heterocycles. The van der Waals surface area contributed by atoms with Gasteiger partial charge in [-0.3, -0.25) is 14.5 Å². The zero-order valence-corrected chi connectivity index (χ0v) is 17.1. The lowest BCUT2D eigenvalue weighted by Gasteiger charge is -2.41. The van der Waals surface area contributed by atoms with Crippen molar-refractivity contribution in [2.24, 2.45) is 13.0 Å². The van der Waals surface area contributed by atoms with Gasteiger partial charge in [-0.05, 0) is 45.8 Å². The summed E-state index contributed by atoms with van der Waals surface area (Å²) in [7, 11) is 5.75. The number of piperidine rings is 1. The Morgan fingerprint density at radius 3 is 2.93 bits per heavy atom. The second-order valence-electron chi connectivity index (χ2n) is 7.54. The Balaban J connectivity index is 1.67. The maximum atomic E-state index is 5.40. The van der Waals surface area contributed by atoms with Crippen molar-refractivity contribution in [3.05, 3.63) is 29.7 Å². The van der Waals surface area contributed by atoms with Crippen LogP contribution in [0.2, 0.25) is 0 Å². The molecule has 0 bridgehead atoms. The monoisotopic (exact) mass is 376 g/mol. The summed E-state index contributed by atoms with van der Waals surface area (Å²) in [6.07, 6.45) is 6.47. The molecule has 8 heteroatoms. The molecular weight excluding hydrogens is 344 g/mol. The van der Waals surface area contributed by atoms with Crippen LogP contribution < -0.4 is 0 Å². The van der Waals surface area contributed by atoms with Crippen molar-refractivity contribution in [3.8, 4) is 0 Å². The molecule has 0 N–H and O–H groups in total. The molecule has 0 aromatic carbocycles. The van der Waals surface area contributed by atoms with E-state index in [0.717, 1.165) is 19.6 Å². The lowest BCUT2D eigenvalue weighted by Crippen LogP contribution is -2.42. The quantitative estimate of drug-likeness (QED) is 0.700. The van der Waals surface area contributed by atoms with Gasteiger partial charge < -0.3 is 9.26 Å². The minimum atomic E-state index is -0.153. The number of methoxy groups -OCH3 is 1. The average Bonchev–Trinajstić information content (AvgIpc) is 3.29. The highest BCUT2D eigenvalue weighted by Crippen LogP contribution is 2.36. The standard InChI is InChI=1S/C19H32N6O2/c1-6-25-9-7-8-15(18(25)16-10-20-24(4)12-16)11-23(3)13-17-21-19(22-27-17)14(2)26-5/h10,12,14-15,18H,6-9,11,13H2,1-5H3/t14?,15-,18+/m0/s1. The van der Waals surface area contributed by atoms with Crippen LogP contribution in [0.3, 0.4) is 0 Å². The topological polar surface area (TPSA) is 72.5 Å². The zero-order chi connectivity index (χ0) is 19.4. The van der Waals surface area contributed by atoms with E-state index in [1.807, 2.05) is 24.9 Å². The Kier molecular flexibility index (Phi) is 6.62. The SMILES string of the molecule is CCN1CCC[C@@H](CN(C)Cc2nc(C(C)OC)no2)[C@@H]1c1cnn(C)c1. The van der Waals surface area contributed by atoms with Crippen LogP contribution in [0, 0.1) is 5.92 Å². The largest absolute Gasteiger partial charge is 0.374 e. The first-order valence-corrected chi connectivity index (χ1v) is 9.78. The molecule has 2 aromatic rings. The number of hydrogen-bond acceptors (Lipinski definition) is 7. The molecule has 3 atom stereocenters. The van der Waals surface area contributed by atoms with Crippen LogP contribution in [0.4, 0.5) is 0 Å². The summed E-state index contributed by atoms with van der Waals surface area (Å²) in [6.45, 7) is 7.99. The van der Waals surface area contributed by atoms with Crippen molar-refractivity contribution < 1.29 is 9.26 Å². The molecular formula is C19H32N6O2. The van der Waals surface area contributed by atoms with Crippen molar-refractivity contribution in [1.82, 2.24) is 29.7 Å². The van der Waals surface area contributed by atoms with Crippen molar-refractivity contribution in [1.29, 1.82) is 0 Å². The van der Waals surface area contributed by atoms with E-state index in [0.29, 0.717) is 30.2 Å². The van der Waals surface area contributed by atoms with Gasteiger partial charge in [0.1, 0.15) is 6.10 Å². The molecule has 0 aliphatic carbocycles. The maximum absolute atomic E-state index is 5.40. The van der Waals surface area contributed by atoms with Gasteiger partial charge in [0.25, 0.3) is 0 Å². The van der Waals surface area contributed by atoms with Gasteiger partial charge in [0.15, 0.2) is 5.82 Å². The first-order chi connectivity index (χ1) is 13.0. The molecule has 150 valence electrons. The summed E-state index contributed by atoms with van der Waals surface area (Å²) in [5, 5.41) is 8.42. The Labute approximate surface area is 161 Å². The summed E-state index contributed by atoms with van der Waals surface area (Å²) in [4.78, 5) is 9.31. The molecule has 0 saturated carbocycles.